The fraction of sp³-hybridized carbons (Fsp3) is 0.312. The molecule has 3 nitrogen and oxygen atoms in total. The van der Waals surface area contributed by atoms with Crippen molar-refractivity contribution in [2.75, 3.05) is 18.0 Å². The summed E-state index contributed by atoms with van der Waals surface area (Å²) in [6.45, 7) is 3.25. The number of carbonyl (C=O) groups excluding carboxylic acids is 1. The number of hydrogen-bond acceptors (Lipinski definition) is 3. The molecule has 0 fully saturated rings. The molecule has 0 spiro atoms. The standard InChI is InChI=1S/C16H18N2OS/c1-12(19)17-11-15(16-7-4-10-20-16)18-9-8-13-5-2-3-6-14(13)18/h2-7,10,15H,8-9,11H2,1H3,(H,17,19)/t15-/m1/s1. The molecule has 104 valence electrons. The van der Waals surface area contributed by atoms with Crippen LogP contribution < -0.4 is 10.2 Å². The van der Waals surface area contributed by atoms with Gasteiger partial charge in [-0.15, -0.1) is 11.3 Å². The maximum atomic E-state index is 11.3. The Balaban J connectivity index is 1.88. The number of nitrogens with zero attached hydrogens (tertiary/aromatic N) is 1. The number of benzene rings is 1. The monoisotopic (exact) mass is 286 g/mol. The second kappa shape index (κ2) is 5.67. The first kappa shape index (κ1) is 13.2. The van der Waals surface area contributed by atoms with Crippen molar-refractivity contribution >= 4 is 22.9 Å². The molecule has 0 saturated heterocycles. The van der Waals surface area contributed by atoms with E-state index in [9.17, 15) is 4.79 Å². The van der Waals surface area contributed by atoms with Gasteiger partial charge in [0, 0.05) is 30.6 Å². The molecule has 3 rings (SSSR count). The number of anilines is 1. The lowest BCUT2D eigenvalue weighted by Crippen LogP contribution is -2.36. The summed E-state index contributed by atoms with van der Waals surface area (Å²) in [5.74, 6) is 0.0269. The number of rotatable bonds is 4. The van der Waals surface area contributed by atoms with E-state index < -0.39 is 0 Å². The lowest BCUT2D eigenvalue weighted by atomic mass is 10.1. The first-order chi connectivity index (χ1) is 9.75. The number of hydrogen-bond donors (Lipinski definition) is 1. The van der Waals surface area contributed by atoms with Crippen LogP contribution in [0, 0.1) is 0 Å². The Morgan fingerprint density at radius 1 is 1.35 bits per heavy atom. The highest BCUT2D eigenvalue weighted by molar-refractivity contribution is 7.10. The van der Waals surface area contributed by atoms with Gasteiger partial charge in [0.15, 0.2) is 0 Å². The van der Waals surface area contributed by atoms with E-state index in [1.165, 1.54) is 16.1 Å². The van der Waals surface area contributed by atoms with E-state index >= 15 is 0 Å². The maximum absolute atomic E-state index is 11.3. The van der Waals surface area contributed by atoms with E-state index in [-0.39, 0.29) is 11.9 Å². The van der Waals surface area contributed by atoms with Crippen LogP contribution in [0.25, 0.3) is 0 Å². The summed E-state index contributed by atoms with van der Waals surface area (Å²) in [4.78, 5) is 15.0. The summed E-state index contributed by atoms with van der Waals surface area (Å²) < 4.78 is 0. The maximum Gasteiger partial charge on any atom is 0.216 e. The van der Waals surface area contributed by atoms with Crippen LogP contribution in [0.2, 0.25) is 0 Å². The highest BCUT2D eigenvalue weighted by Crippen LogP contribution is 2.36. The van der Waals surface area contributed by atoms with E-state index in [1.54, 1.807) is 18.3 Å². The SMILES string of the molecule is CC(=O)NC[C@H](c1cccs1)N1CCc2ccccc21. The first-order valence-corrected chi connectivity index (χ1v) is 7.76. The van der Waals surface area contributed by atoms with Crippen molar-refractivity contribution in [3.63, 3.8) is 0 Å². The van der Waals surface area contributed by atoms with Gasteiger partial charge < -0.3 is 10.2 Å². The van der Waals surface area contributed by atoms with E-state index in [4.69, 9.17) is 0 Å². The summed E-state index contributed by atoms with van der Waals surface area (Å²) in [6, 6.07) is 13.0. The Labute approximate surface area is 123 Å². The van der Waals surface area contributed by atoms with Crippen molar-refractivity contribution in [1.82, 2.24) is 5.32 Å². The minimum Gasteiger partial charge on any atom is -0.361 e. The number of thiophene rings is 1. The van der Waals surface area contributed by atoms with Gasteiger partial charge in [0.2, 0.25) is 5.91 Å². The van der Waals surface area contributed by atoms with Gasteiger partial charge in [0.1, 0.15) is 0 Å². The molecule has 0 bridgehead atoms. The van der Waals surface area contributed by atoms with Gasteiger partial charge in [-0.05, 0) is 29.5 Å². The predicted octanol–water partition coefficient (Wildman–Crippen LogP) is 2.99. The molecule has 0 radical (unpaired) electrons. The van der Waals surface area contributed by atoms with Gasteiger partial charge in [-0.25, -0.2) is 0 Å². The van der Waals surface area contributed by atoms with Gasteiger partial charge in [0.25, 0.3) is 0 Å². The number of amides is 1. The molecule has 0 aliphatic carbocycles. The molecule has 1 aromatic heterocycles. The van der Waals surface area contributed by atoms with Gasteiger partial charge in [-0.1, -0.05) is 24.3 Å². The predicted molar refractivity (Wildman–Crippen MR) is 83.2 cm³/mol. The topological polar surface area (TPSA) is 32.3 Å². The van der Waals surface area contributed by atoms with Crippen LogP contribution in [0.5, 0.6) is 0 Å². The smallest absolute Gasteiger partial charge is 0.216 e. The van der Waals surface area contributed by atoms with E-state index in [2.05, 4.69) is 52.0 Å². The van der Waals surface area contributed by atoms with Crippen LogP contribution in [0.1, 0.15) is 23.4 Å². The van der Waals surface area contributed by atoms with E-state index in [0.717, 1.165) is 13.0 Å². The fourth-order valence-corrected chi connectivity index (χ4v) is 3.61. The second-order valence-corrected chi connectivity index (χ2v) is 6.02. The molecule has 1 aliphatic rings. The normalized spacial score (nSPS) is 14.9. The Morgan fingerprint density at radius 3 is 2.95 bits per heavy atom. The Bertz CT molecular complexity index is 594. The number of carbonyl (C=O) groups is 1. The molecule has 0 unspecified atom stereocenters. The molecule has 1 atom stereocenters. The Hall–Kier alpha value is -1.81. The zero-order valence-electron chi connectivity index (χ0n) is 11.5. The van der Waals surface area contributed by atoms with E-state index in [0.29, 0.717) is 6.54 Å². The van der Waals surface area contributed by atoms with Crippen LogP contribution in [0.4, 0.5) is 5.69 Å². The lowest BCUT2D eigenvalue weighted by Gasteiger charge is -2.30. The molecule has 1 aromatic carbocycles. The molecule has 2 aromatic rings. The molecule has 1 amide bonds. The van der Waals surface area contributed by atoms with Crippen molar-refractivity contribution < 1.29 is 4.79 Å². The zero-order valence-corrected chi connectivity index (χ0v) is 12.3. The summed E-state index contributed by atoms with van der Waals surface area (Å²) in [5, 5.41) is 5.06. The second-order valence-electron chi connectivity index (χ2n) is 5.04. The van der Waals surface area contributed by atoms with Crippen LogP contribution in [0.3, 0.4) is 0 Å². The average molecular weight is 286 g/mol. The van der Waals surface area contributed by atoms with Crippen molar-refractivity contribution in [3.8, 4) is 0 Å². The Morgan fingerprint density at radius 2 is 2.20 bits per heavy atom. The average Bonchev–Trinajstić information content (AvgIpc) is 3.09. The van der Waals surface area contributed by atoms with Crippen LogP contribution in [-0.2, 0) is 11.2 Å². The molecule has 2 heterocycles. The number of fused-ring (bicyclic) bond motifs is 1. The highest BCUT2D eigenvalue weighted by Gasteiger charge is 2.27. The molecule has 1 N–H and O–H groups in total. The molecule has 20 heavy (non-hydrogen) atoms. The molecule has 1 aliphatic heterocycles. The molecule has 0 saturated carbocycles. The minimum atomic E-state index is 0.0269. The highest BCUT2D eigenvalue weighted by atomic mass is 32.1. The zero-order chi connectivity index (χ0) is 13.9. The van der Waals surface area contributed by atoms with E-state index in [1.807, 2.05) is 0 Å². The van der Waals surface area contributed by atoms with Gasteiger partial charge in [-0.3, -0.25) is 4.79 Å². The quantitative estimate of drug-likeness (QED) is 0.937. The summed E-state index contributed by atoms with van der Waals surface area (Å²) >= 11 is 1.75. The third-order valence-corrected chi connectivity index (χ3v) is 4.69. The third kappa shape index (κ3) is 2.56. The van der Waals surface area contributed by atoms with Crippen molar-refractivity contribution in [2.24, 2.45) is 0 Å². The third-order valence-electron chi connectivity index (χ3n) is 3.72. The number of nitrogens with one attached hydrogen (secondary N) is 1. The van der Waals surface area contributed by atoms with Crippen LogP contribution >= 0.6 is 11.3 Å². The van der Waals surface area contributed by atoms with Crippen LogP contribution in [0.15, 0.2) is 41.8 Å². The minimum absolute atomic E-state index is 0.0269. The molecular formula is C16H18N2OS. The van der Waals surface area contributed by atoms with Crippen molar-refractivity contribution in [2.45, 2.75) is 19.4 Å². The molecule has 4 heteroatoms. The summed E-state index contributed by atoms with van der Waals surface area (Å²) in [6.07, 6.45) is 1.08. The van der Waals surface area contributed by atoms with Crippen LogP contribution in [-0.4, -0.2) is 19.0 Å². The fourth-order valence-electron chi connectivity index (χ4n) is 2.77. The van der Waals surface area contributed by atoms with Gasteiger partial charge in [0.05, 0.1) is 6.04 Å². The van der Waals surface area contributed by atoms with Crippen molar-refractivity contribution in [3.05, 3.63) is 52.2 Å². The summed E-state index contributed by atoms with van der Waals surface area (Å²) in [7, 11) is 0. The Kier molecular flexibility index (Phi) is 3.74. The first-order valence-electron chi connectivity index (χ1n) is 6.88. The van der Waals surface area contributed by atoms with Crippen molar-refractivity contribution in [1.29, 1.82) is 0 Å². The number of para-hydroxylation sites is 1. The summed E-state index contributed by atoms with van der Waals surface area (Å²) in [5.41, 5.74) is 2.70. The van der Waals surface area contributed by atoms with Gasteiger partial charge >= 0.3 is 0 Å². The van der Waals surface area contributed by atoms with Gasteiger partial charge in [-0.2, -0.15) is 0 Å². The molecular weight excluding hydrogens is 268 g/mol. The lowest BCUT2D eigenvalue weighted by molar-refractivity contribution is -0.119. The largest absolute Gasteiger partial charge is 0.361 e.